The Morgan fingerprint density at radius 1 is 1.31 bits per heavy atom. The lowest BCUT2D eigenvalue weighted by molar-refractivity contribution is -0.137. The van der Waals surface area contributed by atoms with Gasteiger partial charge in [-0.25, -0.2) is 9.97 Å². The summed E-state index contributed by atoms with van der Waals surface area (Å²) < 4.78 is 44.1. The lowest BCUT2D eigenvalue weighted by Gasteiger charge is -2.33. The number of nitrogens with zero attached hydrogens (tertiary/aromatic N) is 4. The van der Waals surface area contributed by atoms with Gasteiger partial charge in [-0.05, 0) is 43.4 Å². The van der Waals surface area contributed by atoms with Crippen LogP contribution >= 0.6 is 0 Å². The van der Waals surface area contributed by atoms with Gasteiger partial charge in [0.1, 0.15) is 6.10 Å². The molecule has 1 saturated heterocycles. The standard InChI is InChI=1S/C21H21F3N6O2/c1-12-6-15(29-28-5-4-25)19(27-9-12)20(31)30-11-13-7-16(30)17(8-13)32-18-3-2-14(10-26-18)21(22,23)24/h2-6,9-10,13,16-17,25,29H,7-8,11H2,1H3/b25-4?,28-5-. The highest BCUT2D eigenvalue weighted by atomic mass is 19.4. The summed E-state index contributed by atoms with van der Waals surface area (Å²) in [6.07, 6.45) is 1.21. The first-order valence-corrected chi connectivity index (χ1v) is 10.0. The number of carbonyl (C=O) groups excluding carboxylic acids is 1. The van der Waals surface area contributed by atoms with Gasteiger partial charge in [0.15, 0.2) is 5.69 Å². The second kappa shape index (κ2) is 8.56. The quantitative estimate of drug-likeness (QED) is 0.522. The van der Waals surface area contributed by atoms with Crippen molar-refractivity contribution in [2.24, 2.45) is 11.0 Å². The molecular weight excluding hydrogens is 425 g/mol. The van der Waals surface area contributed by atoms with Crippen molar-refractivity contribution in [2.75, 3.05) is 12.0 Å². The second-order valence-corrected chi connectivity index (χ2v) is 7.87. The van der Waals surface area contributed by atoms with Crippen molar-refractivity contribution in [3.8, 4) is 5.88 Å². The summed E-state index contributed by atoms with van der Waals surface area (Å²) >= 11 is 0. The van der Waals surface area contributed by atoms with E-state index in [4.69, 9.17) is 10.1 Å². The van der Waals surface area contributed by atoms with Crippen molar-refractivity contribution in [1.82, 2.24) is 14.9 Å². The number of piperidine rings is 1. The van der Waals surface area contributed by atoms with E-state index < -0.39 is 11.7 Å². The highest BCUT2D eigenvalue weighted by Crippen LogP contribution is 2.41. The number of fused-ring (bicyclic) bond motifs is 2. The molecule has 1 amide bonds. The smallest absolute Gasteiger partial charge is 0.417 e. The Hall–Kier alpha value is -3.50. The van der Waals surface area contributed by atoms with E-state index in [0.717, 1.165) is 30.5 Å². The van der Waals surface area contributed by atoms with Crippen LogP contribution in [0.2, 0.25) is 0 Å². The minimum atomic E-state index is -4.46. The van der Waals surface area contributed by atoms with Crippen LogP contribution in [0.3, 0.4) is 0 Å². The van der Waals surface area contributed by atoms with Crippen LogP contribution in [-0.2, 0) is 6.18 Å². The molecule has 1 saturated carbocycles. The molecule has 0 spiro atoms. The molecule has 168 valence electrons. The first kappa shape index (κ1) is 21.7. The number of ether oxygens (including phenoxy) is 1. The van der Waals surface area contributed by atoms with Crippen LogP contribution in [0, 0.1) is 18.3 Å². The minimum Gasteiger partial charge on any atom is -0.472 e. The number of alkyl halides is 3. The van der Waals surface area contributed by atoms with E-state index in [1.54, 1.807) is 17.2 Å². The number of amides is 1. The molecule has 0 radical (unpaired) electrons. The number of aryl methyl sites for hydroxylation is 1. The van der Waals surface area contributed by atoms with Gasteiger partial charge >= 0.3 is 6.18 Å². The monoisotopic (exact) mass is 446 g/mol. The summed E-state index contributed by atoms with van der Waals surface area (Å²) in [6.45, 7) is 2.40. The van der Waals surface area contributed by atoms with E-state index >= 15 is 0 Å². The highest BCUT2D eigenvalue weighted by molar-refractivity contribution is 6.14. The molecule has 3 heterocycles. The number of rotatable bonds is 6. The molecule has 3 atom stereocenters. The van der Waals surface area contributed by atoms with Crippen LogP contribution in [-0.4, -0.2) is 51.9 Å². The summed E-state index contributed by atoms with van der Waals surface area (Å²) in [7, 11) is 0. The fourth-order valence-corrected chi connectivity index (χ4v) is 4.20. The van der Waals surface area contributed by atoms with Crippen LogP contribution in [0.15, 0.2) is 35.7 Å². The molecule has 4 rings (SSSR count). The zero-order valence-corrected chi connectivity index (χ0v) is 17.1. The molecule has 2 fully saturated rings. The average Bonchev–Trinajstić information content (AvgIpc) is 3.34. The van der Waals surface area contributed by atoms with Gasteiger partial charge in [-0.2, -0.15) is 18.3 Å². The lowest BCUT2D eigenvalue weighted by Crippen LogP contribution is -2.47. The number of hydrazone groups is 1. The first-order valence-electron chi connectivity index (χ1n) is 10.0. The number of halogens is 3. The van der Waals surface area contributed by atoms with Gasteiger partial charge in [-0.1, -0.05) is 0 Å². The molecule has 2 aromatic rings. The van der Waals surface area contributed by atoms with Gasteiger partial charge in [0, 0.05) is 31.2 Å². The SMILES string of the molecule is Cc1cnc(C(=O)N2CC3CC(Oc4ccc(C(F)(F)F)cn4)C2C3)c(N/N=C\C=N)c1. The molecule has 2 N–H and O–H groups in total. The number of anilines is 1. The predicted molar refractivity (Wildman–Crippen MR) is 111 cm³/mol. The summed E-state index contributed by atoms with van der Waals surface area (Å²) in [5.74, 6) is 0.0552. The maximum Gasteiger partial charge on any atom is 0.417 e. The molecule has 1 aliphatic heterocycles. The zero-order chi connectivity index (χ0) is 22.9. The Bertz CT molecular complexity index is 1040. The van der Waals surface area contributed by atoms with Gasteiger partial charge < -0.3 is 15.0 Å². The van der Waals surface area contributed by atoms with E-state index in [2.05, 4.69) is 20.5 Å². The lowest BCUT2D eigenvalue weighted by atomic mass is 10.1. The van der Waals surface area contributed by atoms with Crippen molar-refractivity contribution >= 4 is 24.0 Å². The number of carbonyl (C=O) groups is 1. The third-order valence-corrected chi connectivity index (χ3v) is 5.58. The van der Waals surface area contributed by atoms with Gasteiger partial charge in [-0.15, -0.1) is 0 Å². The number of aromatic nitrogens is 2. The molecule has 1 aliphatic carbocycles. The molecule has 2 aliphatic rings. The maximum absolute atomic E-state index is 13.3. The number of likely N-dealkylation sites (tertiary alicyclic amines) is 1. The van der Waals surface area contributed by atoms with Gasteiger partial charge in [-0.3, -0.25) is 10.2 Å². The average molecular weight is 446 g/mol. The molecule has 8 nitrogen and oxygen atoms in total. The fraction of sp³-hybridized carbons (Fsp3) is 0.381. The van der Waals surface area contributed by atoms with E-state index in [9.17, 15) is 18.0 Å². The van der Waals surface area contributed by atoms with Crippen LogP contribution in [0.1, 0.15) is 34.5 Å². The third-order valence-electron chi connectivity index (χ3n) is 5.58. The van der Waals surface area contributed by atoms with Crippen LogP contribution in [0.4, 0.5) is 18.9 Å². The number of hydrogen-bond acceptors (Lipinski definition) is 7. The Labute approximate surface area is 182 Å². The maximum atomic E-state index is 13.3. The van der Waals surface area contributed by atoms with Crippen LogP contribution < -0.4 is 10.2 Å². The number of hydrogen-bond donors (Lipinski definition) is 2. The molecule has 2 aromatic heterocycles. The molecule has 11 heteroatoms. The number of nitrogens with one attached hydrogen (secondary N) is 2. The van der Waals surface area contributed by atoms with Crippen LogP contribution in [0.5, 0.6) is 5.88 Å². The molecule has 32 heavy (non-hydrogen) atoms. The van der Waals surface area contributed by atoms with E-state index in [1.165, 1.54) is 12.3 Å². The summed E-state index contributed by atoms with van der Waals surface area (Å²) in [6, 6.07) is 3.65. The normalized spacial score (nSPS) is 22.4. The Kier molecular flexibility index (Phi) is 5.81. The van der Waals surface area contributed by atoms with E-state index in [1.807, 2.05) is 6.92 Å². The van der Waals surface area contributed by atoms with Crippen molar-refractivity contribution in [1.29, 1.82) is 5.41 Å². The summed E-state index contributed by atoms with van der Waals surface area (Å²) in [5, 5.41) is 10.9. The van der Waals surface area contributed by atoms with Gasteiger partial charge in [0.2, 0.25) is 5.88 Å². The van der Waals surface area contributed by atoms with E-state index in [0.29, 0.717) is 18.7 Å². The first-order chi connectivity index (χ1) is 15.3. The van der Waals surface area contributed by atoms with Crippen molar-refractivity contribution < 1.29 is 22.7 Å². The largest absolute Gasteiger partial charge is 0.472 e. The molecule has 3 unspecified atom stereocenters. The topological polar surface area (TPSA) is 104 Å². The molecular formula is C21H21F3N6O2. The Balaban J connectivity index is 1.50. The van der Waals surface area contributed by atoms with Crippen molar-refractivity contribution in [2.45, 2.75) is 38.1 Å². The second-order valence-electron chi connectivity index (χ2n) is 7.87. The summed E-state index contributed by atoms with van der Waals surface area (Å²) in [4.78, 5) is 23.1. The summed E-state index contributed by atoms with van der Waals surface area (Å²) in [5.41, 5.74) is 3.38. The molecule has 2 bridgehead atoms. The highest BCUT2D eigenvalue weighted by Gasteiger charge is 2.49. The van der Waals surface area contributed by atoms with Crippen molar-refractivity contribution in [3.05, 3.63) is 47.4 Å². The Morgan fingerprint density at radius 2 is 2.12 bits per heavy atom. The Morgan fingerprint density at radius 3 is 2.78 bits per heavy atom. The van der Waals surface area contributed by atoms with E-state index in [-0.39, 0.29) is 35.5 Å². The molecule has 0 aromatic carbocycles. The zero-order valence-electron chi connectivity index (χ0n) is 17.1. The minimum absolute atomic E-state index is 0.0970. The predicted octanol–water partition coefficient (Wildman–Crippen LogP) is 3.53. The van der Waals surface area contributed by atoms with Gasteiger partial charge in [0.05, 0.1) is 23.5 Å². The number of pyridine rings is 2. The fourth-order valence-electron chi connectivity index (χ4n) is 4.20. The third kappa shape index (κ3) is 4.41. The van der Waals surface area contributed by atoms with Crippen LogP contribution in [0.25, 0.3) is 0 Å². The van der Waals surface area contributed by atoms with Crippen molar-refractivity contribution in [3.63, 3.8) is 0 Å². The van der Waals surface area contributed by atoms with Gasteiger partial charge in [0.25, 0.3) is 5.91 Å².